The predicted molar refractivity (Wildman–Crippen MR) is 210 cm³/mol. The molecule has 0 aliphatic carbocycles. The van der Waals surface area contributed by atoms with Crippen molar-refractivity contribution in [1.82, 2.24) is 0 Å². The lowest BCUT2D eigenvalue weighted by atomic mass is 10.0. The van der Waals surface area contributed by atoms with Gasteiger partial charge in [0.05, 0.1) is 32.0 Å². The summed E-state index contributed by atoms with van der Waals surface area (Å²) in [5.41, 5.74) is 0. The molecular formula is C38H70O15P2. The molecule has 0 saturated heterocycles. The normalized spacial score (nSPS) is 15.8. The summed E-state index contributed by atoms with van der Waals surface area (Å²) < 4.78 is 47.3. The Hall–Kier alpha value is -1.74. The van der Waals surface area contributed by atoms with Crippen molar-refractivity contribution in [1.29, 1.82) is 0 Å². The molecule has 0 bridgehead atoms. The van der Waals surface area contributed by atoms with E-state index in [1.165, 1.54) is 32.1 Å². The fraction of sp³-hybridized carbons (Fsp3) is 0.789. The van der Waals surface area contributed by atoms with Crippen LogP contribution in [0.4, 0.5) is 0 Å². The van der Waals surface area contributed by atoms with E-state index in [1.54, 1.807) is 6.08 Å². The lowest BCUT2D eigenvalue weighted by molar-refractivity contribution is -0.161. The van der Waals surface area contributed by atoms with Gasteiger partial charge in [0.15, 0.2) is 6.10 Å². The molecule has 55 heavy (non-hydrogen) atoms. The average molecular weight is 829 g/mol. The summed E-state index contributed by atoms with van der Waals surface area (Å²) in [5.74, 6) is -0.647. The van der Waals surface area contributed by atoms with Crippen LogP contribution in [0.2, 0.25) is 0 Å². The molecule has 0 radical (unpaired) electrons. The van der Waals surface area contributed by atoms with E-state index in [-0.39, 0.29) is 32.1 Å². The molecule has 322 valence electrons. The first kappa shape index (κ1) is 53.3. The van der Waals surface area contributed by atoms with Crippen molar-refractivity contribution in [3.05, 3.63) is 36.5 Å². The van der Waals surface area contributed by atoms with Crippen LogP contribution in [0.5, 0.6) is 0 Å². The molecule has 0 fully saturated rings. The molecule has 6 N–H and O–H groups in total. The number of esters is 2. The van der Waals surface area contributed by atoms with E-state index in [4.69, 9.17) is 23.8 Å². The summed E-state index contributed by atoms with van der Waals surface area (Å²) in [6, 6.07) is 0. The van der Waals surface area contributed by atoms with E-state index in [0.717, 1.165) is 38.5 Å². The Bertz CT molecular complexity index is 1170. The monoisotopic (exact) mass is 828 g/mol. The first-order valence-corrected chi connectivity index (χ1v) is 22.7. The van der Waals surface area contributed by atoms with Crippen LogP contribution in [0.3, 0.4) is 0 Å². The molecule has 17 heteroatoms. The van der Waals surface area contributed by atoms with Gasteiger partial charge in [-0.15, -0.1) is 0 Å². The number of allylic oxidation sites excluding steroid dienone is 5. The highest BCUT2D eigenvalue weighted by molar-refractivity contribution is 7.47. The Balaban J connectivity index is 4.82. The Morgan fingerprint density at radius 3 is 1.85 bits per heavy atom. The maximum absolute atomic E-state index is 12.6. The van der Waals surface area contributed by atoms with Crippen LogP contribution in [-0.2, 0) is 41.8 Å². The van der Waals surface area contributed by atoms with Crippen LogP contribution in [0.1, 0.15) is 136 Å². The summed E-state index contributed by atoms with van der Waals surface area (Å²) >= 11 is 0. The molecule has 0 spiro atoms. The smallest absolute Gasteiger partial charge is 0.462 e. The largest absolute Gasteiger partial charge is 0.472 e. The number of phosphoric acid groups is 2. The molecule has 0 aromatic rings. The number of aliphatic hydroxyl groups is 3. The number of hydrogen-bond donors (Lipinski definition) is 6. The van der Waals surface area contributed by atoms with Crippen molar-refractivity contribution in [2.24, 2.45) is 5.92 Å². The molecular weight excluding hydrogens is 758 g/mol. The van der Waals surface area contributed by atoms with Crippen molar-refractivity contribution in [2.75, 3.05) is 26.4 Å². The fourth-order valence-electron chi connectivity index (χ4n) is 4.99. The lowest BCUT2D eigenvalue weighted by Crippen LogP contribution is -2.30. The van der Waals surface area contributed by atoms with Crippen LogP contribution in [0.15, 0.2) is 36.5 Å². The SMILES string of the molecule is CCCCC/C=C\C/C=C\C/C=C\CC(O)C(O)CCCC(=O)O[C@H](COC(=O)CCCCCCCCC(C)C)COP(=O)(O)OC[C@@H](O)COP(=O)(O)O. The summed E-state index contributed by atoms with van der Waals surface area (Å²) in [6.45, 7) is 3.56. The highest BCUT2D eigenvalue weighted by Gasteiger charge is 2.28. The van der Waals surface area contributed by atoms with Gasteiger partial charge in [0.2, 0.25) is 0 Å². The number of ether oxygens (including phenoxy) is 2. The number of rotatable bonds is 36. The van der Waals surface area contributed by atoms with Crippen molar-refractivity contribution in [3.8, 4) is 0 Å². The van der Waals surface area contributed by atoms with Gasteiger partial charge < -0.3 is 39.5 Å². The van der Waals surface area contributed by atoms with E-state index in [0.29, 0.717) is 18.8 Å². The van der Waals surface area contributed by atoms with E-state index >= 15 is 0 Å². The van der Waals surface area contributed by atoms with Crippen molar-refractivity contribution < 1.29 is 71.8 Å². The van der Waals surface area contributed by atoms with Gasteiger partial charge in [-0.1, -0.05) is 109 Å². The maximum Gasteiger partial charge on any atom is 0.472 e. The van der Waals surface area contributed by atoms with E-state index in [2.05, 4.69) is 48.0 Å². The quantitative estimate of drug-likeness (QED) is 0.0159. The van der Waals surface area contributed by atoms with Gasteiger partial charge in [-0.3, -0.25) is 23.2 Å². The summed E-state index contributed by atoms with van der Waals surface area (Å²) in [6.07, 6.45) is 20.8. The van der Waals surface area contributed by atoms with Crippen LogP contribution in [0.25, 0.3) is 0 Å². The lowest BCUT2D eigenvalue weighted by Gasteiger charge is -2.21. The second-order valence-electron chi connectivity index (χ2n) is 14.0. The average Bonchev–Trinajstić information content (AvgIpc) is 3.12. The van der Waals surface area contributed by atoms with Crippen LogP contribution in [0, 0.1) is 5.92 Å². The Morgan fingerprint density at radius 2 is 1.20 bits per heavy atom. The molecule has 0 amide bonds. The highest BCUT2D eigenvalue weighted by Crippen LogP contribution is 2.43. The summed E-state index contributed by atoms with van der Waals surface area (Å²) in [5, 5.41) is 30.4. The molecule has 5 atom stereocenters. The van der Waals surface area contributed by atoms with Gasteiger partial charge in [0.25, 0.3) is 0 Å². The van der Waals surface area contributed by atoms with Gasteiger partial charge in [0.1, 0.15) is 12.7 Å². The van der Waals surface area contributed by atoms with Gasteiger partial charge in [-0.25, -0.2) is 9.13 Å². The van der Waals surface area contributed by atoms with E-state index in [9.17, 15) is 38.9 Å². The third-order valence-corrected chi connectivity index (χ3v) is 9.59. The van der Waals surface area contributed by atoms with Gasteiger partial charge in [-0.2, -0.15) is 0 Å². The third-order valence-electron chi connectivity index (χ3n) is 8.15. The molecule has 0 rings (SSSR count). The molecule has 0 heterocycles. The number of phosphoric ester groups is 2. The Morgan fingerprint density at radius 1 is 0.618 bits per heavy atom. The van der Waals surface area contributed by atoms with E-state index in [1.807, 2.05) is 12.2 Å². The standard InChI is InChI=1S/C38H70O15P2/c1-4-5-6-7-8-9-10-11-12-13-17-20-24-35(40)36(41)25-22-27-38(43)53-34(30-49-37(42)26-21-18-15-14-16-19-23-32(2)3)31-52-55(47,48)51-29-33(39)28-50-54(44,45)46/h8-9,11-12,17,20,32-36,39-41H,4-7,10,13-16,18-19,21-31H2,1-3H3,(H,47,48)(H2,44,45,46)/b9-8-,12-11-,20-17-/t33-,34+,35?,36?/m0/s1. The number of hydrogen-bond acceptors (Lipinski definition) is 12. The minimum absolute atomic E-state index is 0.0935. The zero-order chi connectivity index (χ0) is 41.4. The number of aliphatic hydroxyl groups excluding tert-OH is 3. The number of unbranched alkanes of at least 4 members (excludes halogenated alkanes) is 8. The molecule has 3 unspecified atom stereocenters. The van der Waals surface area contributed by atoms with Gasteiger partial charge in [0, 0.05) is 12.8 Å². The van der Waals surface area contributed by atoms with Crippen LogP contribution in [-0.4, -0.2) is 92.8 Å². The predicted octanol–water partition coefficient (Wildman–Crippen LogP) is 7.13. The fourth-order valence-corrected chi connectivity index (χ4v) is 6.14. The van der Waals surface area contributed by atoms with Crippen molar-refractivity contribution >= 4 is 27.6 Å². The van der Waals surface area contributed by atoms with Crippen LogP contribution >= 0.6 is 15.6 Å². The zero-order valence-electron chi connectivity index (χ0n) is 33.2. The first-order valence-electron chi connectivity index (χ1n) is 19.7. The van der Waals surface area contributed by atoms with Gasteiger partial charge >= 0.3 is 27.6 Å². The van der Waals surface area contributed by atoms with Crippen LogP contribution < -0.4 is 0 Å². The van der Waals surface area contributed by atoms with Crippen molar-refractivity contribution in [3.63, 3.8) is 0 Å². The molecule has 15 nitrogen and oxygen atoms in total. The molecule has 0 aliphatic heterocycles. The Kier molecular flexibility index (Phi) is 32.2. The molecule has 0 saturated carbocycles. The second kappa shape index (κ2) is 33.3. The third kappa shape index (κ3) is 36.4. The summed E-state index contributed by atoms with van der Waals surface area (Å²) in [7, 11) is -9.77. The highest BCUT2D eigenvalue weighted by atomic mass is 31.2. The second-order valence-corrected chi connectivity index (χ2v) is 16.7. The number of carbonyl (C=O) groups is 2. The zero-order valence-corrected chi connectivity index (χ0v) is 34.9. The maximum atomic E-state index is 12.6. The molecule has 0 aliphatic rings. The first-order chi connectivity index (χ1) is 26.0. The van der Waals surface area contributed by atoms with E-state index < -0.39 is 78.4 Å². The van der Waals surface area contributed by atoms with Gasteiger partial charge in [-0.05, 0) is 57.3 Å². The topological polar surface area (TPSA) is 236 Å². The molecule has 0 aromatic heterocycles. The minimum atomic E-state index is -4.89. The molecule has 0 aromatic carbocycles. The minimum Gasteiger partial charge on any atom is -0.462 e. The number of carbonyl (C=O) groups excluding carboxylic acids is 2. The summed E-state index contributed by atoms with van der Waals surface area (Å²) in [4.78, 5) is 52.5. The Labute approximate surface area is 328 Å². The van der Waals surface area contributed by atoms with Crippen molar-refractivity contribution in [2.45, 2.75) is 161 Å².